The monoisotopic (exact) mass is 307 g/mol. The molecule has 1 aliphatic rings. The first-order valence-electron chi connectivity index (χ1n) is 7.49. The topological polar surface area (TPSA) is 12.0 Å². The largest absolute Gasteiger partial charge is 0.306 e. The molecule has 1 aromatic carbocycles. The van der Waals surface area contributed by atoms with Gasteiger partial charge in [0.15, 0.2) is 11.6 Å². The fourth-order valence-corrected chi connectivity index (χ4v) is 4.30. The molecule has 1 N–H and O–H groups in total. The van der Waals surface area contributed by atoms with Gasteiger partial charge in [-0.15, -0.1) is 11.3 Å². The Hall–Kier alpha value is -1.26. The fourth-order valence-electron chi connectivity index (χ4n) is 2.93. The van der Waals surface area contributed by atoms with Crippen LogP contribution in [-0.2, 0) is 12.8 Å². The summed E-state index contributed by atoms with van der Waals surface area (Å²) in [4.78, 5) is 2.66. The molecule has 1 aromatic heterocycles. The molecule has 0 saturated carbocycles. The van der Waals surface area contributed by atoms with E-state index in [1.54, 1.807) is 6.07 Å². The highest BCUT2D eigenvalue weighted by molar-refractivity contribution is 7.12. The van der Waals surface area contributed by atoms with Crippen molar-refractivity contribution in [2.24, 2.45) is 0 Å². The van der Waals surface area contributed by atoms with Crippen molar-refractivity contribution in [3.05, 3.63) is 56.8 Å². The SMILES string of the molecule is CCNC(c1ccc(F)c(F)c1)c1cc2c(s1)CCCC2. The minimum atomic E-state index is -0.792. The number of aryl methyl sites for hydroxylation is 2. The molecular formula is C17H19F2NS. The van der Waals surface area contributed by atoms with Gasteiger partial charge in [0, 0.05) is 9.75 Å². The standard InChI is InChI=1S/C17H19F2NS/c1-2-20-17(12-7-8-13(18)14(19)9-12)16-10-11-5-3-4-6-15(11)21-16/h7-10,17,20H,2-6H2,1H3. The molecule has 0 spiro atoms. The summed E-state index contributed by atoms with van der Waals surface area (Å²) in [6, 6.07) is 6.38. The van der Waals surface area contributed by atoms with Crippen molar-refractivity contribution in [3.8, 4) is 0 Å². The molecule has 21 heavy (non-hydrogen) atoms. The highest BCUT2D eigenvalue weighted by Gasteiger charge is 2.21. The van der Waals surface area contributed by atoms with Crippen LogP contribution in [0.3, 0.4) is 0 Å². The lowest BCUT2D eigenvalue weighted by Crippen LogP contribution is -2.21. The molecule has 112 valence electrons. The summed E-state index contributed by atoms with van der Waals surface area (Å²) in [5.74, 6) is -1.57. The smallest absolute Gasteiger partial charge is 0.159 e. The van der Waals surface area contributed by atoms with Gasteiger partial charge in [-0.2, -0.15) is 0 Å². The first kappa shape index (κ1) is 14.7. The van der Waals surface area contributed by atoms with Gasteiger partial charge in [-0.25, -0.2) is 8.78 Å². The zero-order valence-electron chi connectivity index (χ0n) is 12.1. The van der Waals surface area contributed by atoms with Gasteiger partial charge in [-0.05, 0) is 61.6 Å². The van der Waals surface area contributed by atoms with Crippen LogP contribution in [0.15, 0.2) is 24.3 Å². The molecule has 1 atom stereocenters. The van der Waals surface area contributed by atoms with Crippen LogP contribution in [0.2, 0.25) is 0 Å². The fraction of sp³-hybridized carbons (Fsp3) is 0.412. The number of benzene rings is 1. The summed E-state index contributed by atoms with van der Waals surface area (Å²) in [6.45, 7) is 2.81. The molecule has 1 aliphatic carbocycles. The molecule has 0 radical (unpaired) electrons. The summed E-state index contributed by atoms with van der Waals surface area (Å²) < 4.78 is 26.7. The molecule has 0 fully saturated rings. The zero-order valence-corrected chi connectivity index (χ0v) is 12.9. The number of thiophene rings is 1. The second-order valence-corrected chi connectivity index (χ2v) is 6.64. The van der Waals surface area contributed by atoms with Crippen LogP contribution in [0.4, 0.5) is 8.78 Å². The Labute approximate surface area is 128 Å². The molecule has 1 nitrogen and oxygen atoms in total. The highest BCUT2D eigenvalue weighted by Crippen LogP contribution is 2.35. The Morgan fingerprint density at radius 3 is 2.67 bits per heavy atom. The predicted octanol–water partition coefficient (Wildman–Crippen LogP) is 4.60. The Kier molecular flexibility index (Phi) is 4.36. The first-order valence-corrected chi connectivity index (χ1v) is 8.30. The second kappa shape index (κ2) is 6.24. The third kappa shape index (κ3) is 3.01. The van der Waals surface area contributed by atoms with Crippen LogP contribution >= 0.6 is 11.3 Å². The number of hydrogen-bond acceptors (Lipinski definition) is 2. The third-order valence-corrected chi connectivity index (χ3v) is 5.29. The van der Waals surface area contributed by atoms with Crippen LogP contribution < -0.4 is 5.32 Å². The van der Waals surface area contributed by atoms with Crippen LogP contribution in [0, 0.1) is 11.6 Å². The Morgan fingerprint density at radius 2 is 1.95 bits per heavy atom. The van der Waals surface area contributed by atoms with Crippen LogP contribution in [-0.4, -0.2) is 6.54 Å². The molecule has 0 saturated heterocycles. The second-order valence-electron chi connectivity index (χ2n) is 5.47. The molecule has 1 heterocycles. The molecule has 4 heteroatoms. The van der Waals surface area contributed by atoms with Gasteiger partial charge in [-0.3, -0.25) is 0 Å². The molecule has 3 rings (SSSR count). The van der Waals surface area contributed by atoms with Crippen LogP contribution in [0.1, 0.15) is 46.7 Å². The maximum absolute atomic E-state index is 13.5. The van der Waals surface area contributed by atoms with Gasteiger partial charge in [0.05, 0.1) is 6.04 Å². The molecular weight excluding hydrogens is 288 g/mol. The van der Waals surface area contributed by atoms with E-state index in [9.17, 15) is 8.78 Å². The summed E-state index contributed by atoms with van der Waals surface area (Å²) >= 11 is 1.81. The first-order chi connectivity index (χ1) is 10.2. The average Bonchev–Trinajstić information content (AvgIpc) is 2.91. The van der Waals surface area contributed by atoms with Gasteiger partial charge in [-0.1, -0.05) is 13.0 Å². The van der Waals surface area contributed by atoms with Gasteiger partial charge in [0.1, 0.15) is 0 Å². The highest BCUT2D eigenvalue weighted by atomic mass is 32.1. The Morgan fingerprint density at radius 1 is 1.14 bits per heavy atom. The van der Waals surface area contributed by atoms with Crippen molar-refractivity contribution in [1.29, 1.82) is 0 Å². The van der Waals surface area contributed by atoms with Crippen molar-refractivity contribution in [2.75, 3.05) is 6.54 Å². The summed E-state index contributed by atoms with van der Waals surface area (Å²) in [6.07, 6.45) is 4.79. The Balaban J connectivity index is 1.96. The van der Waals surface area contributed by atoms with E-state index in [1.807, 2.05) is 18.3 Å². The summed E-state index contributed by atoms with van der Waals surface area (Å²) in [7, 11) is 0. The van der Waals surface area contributed by atoms with E-state index < -0.39 is 11.6 Å². The molecule has 2 aromatic rings. The van der Waals surface area contributed by atoms with E-state index in [0.29, 0.717) is 0 Å². The van der Waals surface area contributed by atoms with E-state index in [-0.39, 0.29) is 6.04 Å². The number of hydrogen-bond donors (Lipinski definition) is 1. The quantitative estimate of drug-likeness (QED) is 0.870. The van der Waals surface area contributed by atoms with Gasteiger partial charge in [0.2, 0.25) is 0 Å². The summed E-state index contributed by atoms with van der Waals surface area (Å²) in [5.41, 5.74) is 2.22. The normalized spacial score (nSPS) is 15.8. The number of rotatable bonds is 4. The van der Waals surface area contributed by atoms with E-state index in [1.165, 1.54) is 40.3 Å². The van der Waals surface area contributed by atoms with Crippen molar-refractivity contribution in [1.82, 2.24) is 5.32 Å². The molecule has 0 aliphatic heterocycles. The molecule has 0 amide bonds. The van der Waals surface area contributed by atoms with Crippen molar-refractivity contribution in [3.63, 3.8) is 0 Å². The Bertz CT molecular complexity index is 612. The van der Waals surface area contributed by atoms with Crippen LogP contribution in [0.5, 0.6) is 0 Å². The molecule has 0 bridgehead atoms. The maximum Gasteiger partial charge on any atom is 0.159 e. The predicted molar refractivity (Wildman–Crippen MR) is 82.8 cm³/mol. The molecule has 1 unspecified atom stereocenters. The van der Waals surface area contributed by atoms with Crippen LogP contribution in [0.25, 0.3) is 0 Å². The maximum atomic E-state index is 13.5. The number of nitrogens with one attached hydrogen (secondary N) is 1. The minimum Gasteiger partial charge on any atom is -0.306 e. The zero-order chi connectivity index (χ0) is 14.8. The van der Waals surface area contributed by atoms with Gasteiger partial charge in [0.25, 0.3) is 0 Å². The van der Waals surface area contributed by atoms with Crippen molar-refractivity contribution < 1.29 is 8.78 Å². The lowest BCUT2D eigenvalue weighted by atomic mass is 9.97. The van der Waals surface area contributed by atoms with Gasteiger partial charge < -0.3 is 5.32 Å². The van der Waals surface area contributed by atoms with Gasteiger partial charge >= 0.3 is 0 Å². The summed E-state index contributed by atoms with van der Waals surface area (Å²) in [5, 5.41) is 3.39. The number of fused-ring (bicyclic) bond motifs is 1. The lowest BCUT2D eigenvalue weighted by molar-refractivity contribution is 0.504. The van der Waals surface area contributed by atoms with E-state index in [4.69, 9.17) is 0 Å². The third-order valence-electron chi connectivity index (χ3n) is 3.99. The van der Waals surface area contributed by atoms with Crippen molar-refractivity contribution in [2.45, 2.75) is 38.6 Å². The van der Waals surface area contributed by atoms with Crippen molar-refractivity contribution >= 4 is 11.3 Å². The minimum absolute atomic E-state index is 0.0549. The van der Waals surface area contributed by atoms with E-state index >= 15 is 0 Å². The van der Waals surface area contributed by atoms with E-state index in [0.717, 1.165) is 24.9 Å². The average molecular weight is 307 g/mol. The van der Waals surface area contributed by atoms with E-state index in [2.05, 4.69) is 11.4 Å². The lowest BCUT2D eigenvalue weighted by Gasteiger charge is -2.17. The number of halogens is 2.